The standard InChI is InChI=1S/C9H16BrN3OS/c1-6(2)13-8(14)11-12-9(13)15-5-7(3)4-10/h6-7H,4-5H2,1-3H3,(H,11,14). The summed E-state index contributed by atoms with van der Waals surface area (Å²) in [6.45, 7) is 6.12. The number of halogens is 1. The molecule has 1 N–H and O–H groups in total. The highest BCUT2D eigenvalue weighted by molar-refractivity contribution is 9.09. The molecule has 1 heterocycles. The van der Waals surface area contributed by atoms with E-state index in [-0.39, 0.29) is 11.7 Å². The Bertz CT molecular complexity index is 360. The van der Waals surface area contributed by atoms with E-state index in [9.17, 15) is 4.79 Å². The Kier molecular flexibility index (Phi) is 4.92. The number of hydrogen-bond donors (Lipinski definition) is 1. The number of H-pyrrole nitrogens is 1. The zero-order valence-corrected chi connectivity index (χ0v) is 11.6. The second kappa shape index (κ2) is 5.75. The highest BCUT2D eigenvalue weighted by atomic mass is 79.9. The van der Waals surface area contributed by atoms with Gasteiger partial charge in [-0.15, -0.1) is 5.10 Å². The number of alkyl halides is 1. The third kappa shape index (κ3) is 3.38. The van der Waals surface area contributed by atoms with Crippen molar-refractivity contribution in [3.63, 3.8) is 0 Å². The molecule has 1 rings (SSSR count). The van der Waals surface area contributed by atoms with Crippen LogP contribution in [0.4, 0.5) is 0 Å². The van der Waals surface area contributed by atoms with Gasteiger partial charge in [0.1, 0.15) is 0 Å². The van der Waals surface area contributed by atoms with Crippen LogP contribution in [0.2, 0.25) is 0 Å². The molecule has 0 aromatic carbocycles. The first-order chi connectivity index (χ1) is 7.06. The molecule has 1 aromatic heterocycles. The highest BCUT2D eigenvalue weighted by Crippen LogP contribution is 2.20. The van der Waals surface area contributed by atoms with Crippen LogP contribution >= 0.6 is 27.7 Å². The Morgan fingerprint density at radius 1 is 1.53 bits per heavy atom. The van der Waals surface area contributed by atoms with E-state index < -0.39 is 0 Å². The van der Waals surface area contributed by atoms with Gasteiger partial charge >= 0.3 is 5.69 Å². The molecule has 15 heavy (non-hydrogen) atoms. The van der Waals surface area contributed by atoms with Crippen LogP contribution in [0.25, 0.3) is 0 Å². The Balaban J connectivity index is 2.73. The van der Waals surface area contributed by atoms with E-state index in [1.165, 1.54) is 0 Å². The number of rotatable bonds is 5. The number of hydrogen-bond acceptors (Lipinski definition) is 3. The molecule has 1 atom stereocenters. The monoisotopic (exact) mass is 293 g/mol. The second-order valence-corrected chi connectivity index (χ2v) is 5.48. The lowest BCUT2D eigenvalue weighted by Gasteiger charge is -2.10. The van der Waals surface area contributed by atoms with E-state index in [2.05, 4.69) is 33.1 Å². The molecule has 0 radical (unpaired) electrons. The summed E-state index contributed by atoms with van der Waals surface area (Å²) in [5, 5.41) is 8.25. The molecule has 1 aromatic rings. The lowest BCUT2D eigenvalue weighted by molar-refractivity contribution is 0.533. The minimum absolute atomic E-state index is 0.126. The van der Waals surface area contributed by atoms with Gasteiger partial charge in [0.25, 0.3) is 0 Å². The average Bonchev–Trinajstić information content (AvgIpc) is 2.56. The molecule has 4 nitrogen and oxygen atoms in total. The van der Waals surface area contributed by atoms with E-state index in [0.29, 0.717) is 5.92 Å². The number of aromatic nitrogens is 3. The van der Waals surface area contributed by atoms with Crippen LogP contribution in [0.3, 0.4) is 0 Å². The van der Waals surface area contributed by atoms with Crippen LogP contribution < -0.4 is 5.69 Å². The van der Waals surface area contributed by atoms with Gasteiger partial charge in [0, 0.05) is 17.1 Å². The molecule has 1 unspecified atom stereocenters. The summed E-state index contributed by atoms with van der Waals surface area (Å²) in [6.07, 6.45) is 0. The predicted octanol–water partition coefficient (Wildman–Crippen LogP) is 2.28. The molecular weight excluding hydrogens is 278 g/mol. The first kappa shape index (κ1) is 12.8. The summed E-state index contributed by atoms with van der Waals surface area (Å²) in [4.78, 5) is 11.4. The van der Waals surface area contributed by atoms with Crippen molar-refractivity contribution < 1.29 is 0 Å². The normalized spacial score (nSPS) is 13.4. The third-order valence-electron chi connectivity index (χ3n) is 1.95. The minimum Gasteiger partial charge on any atom is -0.268 e. The van der Waals surface area contributed by atoms with E-state index in [0.717, 1.165) is 16.2 Å². The van der Waals surface area contributed by atoms with Gasteiger partial charge in [0.15, 0.2) is 5.16 Å². The van der Waals surface area contributed by atoms with Gasteiger partial charge in [-0.25, -0.2) is 9.89 Å². The molecule has 86 valence electrons. The van der Waals surface area contributed by atoms with Gasteiger partial charge in [0.2, 0.25) is 0 Å². The van der Waals surface area contributed by atoms with E-state index in [1.54, 1.807) is 16.3 Å². The van der Waals surface area contributed by atoms with Crippen LogP contribution in [0.15, 0.2) is 9.95 Å². The van der Waals surface area contributed by atoms with Gasteiger partial charge in [-0.05, 0) is 19.8 Å². The predicted molar refractivity (Wildman–Crippen MR) is 66.9 cm³/mol. The maximum absolute atomic E-state index is 11.4. The van der Waals surface area contributed by atoms with Crippen molar-refractivity contribution in [3.8, 4) is 0 Å². The minimum atomic E-state index is -0.126. The summed E-state index contributed by atoms with van der Waals surface area (Å²) < 4.78 is 1.69. The molecule has 0 bridgehead atoms. The molecule has 0 amide bonds. The van der Waals surface area contributed by atoms with Crippen molar-refractivity contribution in [3.05, 3.63) is 10.5 Å². The fourth-order valence-corrected chi connectivity index (χ4v) is 2.74. The van der Waals surface area contributed by atoms with Gasteiger partial charge in [-0.1, -0.05) is 34.6 Å². The molecule has 0 fully saturated rings. The molecule has 0 aliphatic heterocycles. The fraction of sp³-hybridized carbons (Fsp3) is 0.778. The van der Waals surface area contributed by atoms with E-state index in [1.807, 2.05) is 13.8 Å². The summed E-state index contributed by atoms with van der Waals surface area (Å²) in [5.41, 5.74) is -0.126. The van der Waals surface area contributed by atoms with Gasteiger partial charge in [-0.2, -0.15) is 0 Å². The molecule has 0 aliphatic carbocycles. The lowest BCUT2D eigenvalue weighted by Crippen LogP contribution is -2.19. The van der Waals surface area contributed by atoms with Crippen LogP contribution in [-0.4, -0.2) is 25.8 Å². The zero-order chi connectivity index (χ0) is 11.4. The largest absolute Gasteiger partial charge is 0.344 e. The maximum Gasteiger partial charge on any atom is 0.344 e. The Morgan fingerprint density at radius 3 is 2.73 bits per heavy atom. The summed E-state index contributed by atoms with van der Waals surface area (Å²) in [7, 11) is 0. The third-order valence-corrected chi connectivity index (χ3v) is 4.34. The van der Waals surface area contributed by atoms with Crippen molar-refractivity contribution in [2.45, 2.75) is 32.0 Å². The van der Waals surface area contributed by atoms with E-state index in [4.69, 9.17) is 0 Å². The quantitative estimate of drug-likeness (QED) is 0.669. The smallest absolute Gasteiger partial charge is 0.268 e. The molecular formula is C9H16BrN3OS. The Hall–Kier alpha value is -0.230. The fourth-order valence-electron chi connectivity index (χ4n) is 1.11. The van der Waals surface area contributed by atoms with Gasteiger partial charge in [0.05, 0.1) is 0 Å². The topological polar surface area (TPSA) is 50.7 Å². The summed E-state index contributed by atoms with van der Waals surface area (Å²) in [6, 6.07) is 0.151. The number of thioether (sulfide) groups is 1. The summed E-state index contributed by atoms with van der Waals surface area (Å²) in [5.74, 6) is 1.53. The van der Waals surface area contributed by atoms with Crippen LogP contribution in [0.5, 0.6) is 0 Å². The Morgan fingerprint density at radius 2 is 2.20 bits per heavy atom. The molecule has 0 saturated carbocycles. The van der Waals surface area contributed by atoms with Crippen LogP contribution in [0, 0.1) is 5.92 Å². The lowest BCUT2D eigenvalue weighted by atomic mass is 10.3. The van der Waals surface area contributed by atoms with Crippen molar-refractivity contribution in [1.82, 2.24) is 14.8 Å². The molecule has 6 heteroatoms. The second-order valence-electron chi connectivity index (χ2n) is 3.85. The zero-order valence-electron chi connectivity index (χ0n) is 9.16. The average molecular weight is 294 g/mol. The summed E-state index contributed by atoms with van der Waals surface area (Å²) >= 11 is 5.05. The molecule has 0 saturated heterocycles. The van der Waals surface area contributed by atoms with E-state index >= 15 is 0 Å². The van der Waals surface area contributed by atoms with Crippen molar-refractivity contribution in [2.24, 2.45) is 5.92 Å². The first-order valence-corrected chi connectivity index (χ1v) is 7.02. The number of aromatic amines is 1. The van der Waals surface area contributed by atoms with Gasteiger partial charge in [-0.3, -0.25) is 4.57 Å². The maximum atomic E-state index is 11.4. The van der Waals surface area contributed by atoms with Crippen molar-refractivity contribution in [1.29, 1.82) is 0 Å². The van der Waals surface area contributed by atoms with Crippen molar-refractivity contribution >= 4 is 27.7 Å². The van der Waals surface area contributed by atoms with Gasteiger partial charge < -0.3 is 0 Å². The van der Waals surface area contributed by atoms with Crippen molar-refractivity contribution in [2.75, 3.05) is 11.1 Å². The SMILES string of the molecule is CC(CBr)CSc1n[nH]c(=O)n1C(C)C. The molecule has 0 aliphatic rings. The highest BCUT2D eigenvalue weighted by Gasteiger charge is 2.12. The number of nitrogens with one attached hydrogen (secondary N) is 1. The molecule has 0 spiro atoms. The Labute approximate surface area is 102 Å². The van der Waals surface area contributed by atoms with Crippen LogP contribution in [-0.2, 0) is 0 Å². The first-order valence-electron chi connectivity index (χ1n) is 4.92. The number of nitrogens with zero attached hydrogens (tertiary/aromatic N) is 2. The van der Waals surface area contributed by atoms with Crippen LogP contribution in [0.1, 0.15) is 26.8 Å².